The number of alkyl halides is 2. The van der Waals surface area contributed by atoms with Gasteiger partial charge in [-0.1, -0.05) is 6.07 Å². The molecule has 6 nitrogen and oxygen atoms in total. The van der Waals surface area contributed by atoms with Gasteiger partial charge in [0.2, 0.25) is 5.88 Å². The predicted molar refractivity (Wildman–Crippen MR) is 117 cm³/mol. The maximum atomic E-state index is 13.1. The number of guanidine groups is 1. The Labute approximate surface area is 184 Å². The van der Waals surface area contributed by atoms with Crippen LogP contribution >= 0.6 is 24.0 Å². The third kappa shape index (κ3) is 6.65. The van der Waals surface area contributed by atoms with Gasteiger partial charge in [-0.2, -0.15) is 0 Å². The van der Waals surface area contributed by atoms with E-state index in [1.807, 2.05) is 4.90 Å². The minimum atomic E-state index is -2.57. The van der Waals surface area contributed by atoms with Crippen LogP contribution in [0.15, 0.2) is 47.6 Å². The summed E-state index contributed by atoms with van der Waals surface area (Å²) in [5.41, 5.74) is 7.66. The second-order valence-electron chi connectivity index (χ2n) is 6.29. The molecule has 2 aromatic rings. The summed E-state index contributed by atoms with van der Waals surface area (Å²) in [5.74, 6) is 0.258. The zero-order chi connectivity index (χ0) is 19.9. The van der Waals surface area contributed by atoms with Crippen LogP contribution in [-0.2, 0) is 6.54 Å². The molecule has 1 saturated heterocycles. The largest absolute Gasteiger partial charge is 0.471 e. The zero-order valence-corrected chi connectivity index (χ0v) is 18.0. The van der Waals surface area contributed by atoms with Gasteiger partial charge >= 0.3 is 0 Å². The monoisotopic (exact) mass is 521 g/mol. The van der Waals surface area contributed by atoms with Gasteiger partial charge in [0.15, 0.2) is 12.6 Å². The molecule has 1 aliphatic rings. The molecule has 3 rings (SSSR count). The molecule has 0 spiro atoms. The highest BCUT2D eigenvalue weighted by atomic mass is 127. The second-order valence-corrected chi connectivity index (χ2v) is 6.29. The molecule has 0 amide bonds. The Bertz CT molecular complexity index is 799. The standard InChI is InChI=1S/C19H22F3N5O.HI/c20-15-3-5-16(6-4-15)26-8-10-27(11-9-26)19(23)25-12-14-2-1-7-24-18(14)28-13-17(21)22;/h1-7,17H,8-13H2,(H2,23,25);1H. The number of benzene rings is 1. The Morgan fingerprint density at radius 3 is 2.48 bits per heavy atom. The van der Waals surface area contributed by atoms with Crippen LogP contribution < -0.4 is 15.4 Å². The number of aromatic nitrogens is 1. The van der Waals surface area contributed by atoms with Crippen LogP contribution in [0.5, 0.6) is 5.88 Å². The van der Waals surface area contributed by atoms with Crippen molar-refractivity contribution < 1.29 is 17.9 Å². The molecule has 0 aliphatic carbocycles. The SMILES string of the molecule is I.NC(=NCc1cccnc1OCC(F)F)N1CCN(c2ccc(F)cc2)CC1. The number of nitrogens with two attached hydrogens (primary N) is 1. The van der Waals surface area contributed by atoms with Gasteiger partial charge in [-0.25, -0.2) is 23.1 Å². The van der Waals surface area contributed by atoms with Gasteiger partial charge in [-0.15, -0.1) is 24.0 Å². The van der Waals surface area contributed by atoms with Crippen molar-refractivity contribution in [2.24, 2.45) is 10.7 Å². The number of rotatable bonds is 6. The Morgan fingerprint density at radius 1 is 1.14 bits per heavy atom. The fourth-order valence-electron chi connectivity index (χ4n) is 2.93. The van der Waals surface area contributed by atoms with Crippen molar-refractivity contribution in [3.8, 4) is 5.88 Å². The third-order valence-corrected chi connectivity index (χ3v) is 4.40. The molecule has 1 aliphatic heterocycles. The zero-order valence-electron chi connectivity index (χ0n) is 15.7. The molecule has 2 N–H and O–H groups in total. The Kier molecular flexibility index (Phi) is 8.80. The molecule has 0 unspecified atom stereocenters. The van der Waals surface area contributed by atoms with Crippen LogP contribution in [0.3, 0.4) is 0 Å². The number of hydrogen-bond donors (Lipinski definition) is 1. The molecule has 158 valence electrons. The second kappa shape index (κ2) is 11.1. The summed E-state index contributed by atoms with van der Waals surface area (Å²) in [4.78, 5) is 12.4. The average molecular weight is 521 g/mol. The van der Waals surface area contributed by atoms with E-state index in [0.29, 0.717) is 24.6 Å². The van der Waals surface area contributed by atoms with Crippen molar-refractivity contribution in [2.75, 3.05) is 37.7 Å². The van der Waals surface area contributed by atoms with Crippen molar-refractivity contribution in [3.63, 3.8) is 0 Å². The fraction of sp³-hybridized carbons (Fsp3) is 0.368. The lowest BCUT2D eigenvalue weighted by molar-refractivity contribution is 0.0791. The normalized spacial score (nSPS) is 14.7. The number of anilines is 1. The van der Waals surface area contributed by atoms with Gasteiger partial charge in [0.1, 0.15) is 5.82 Å². The first-order valence-corrected chi connectivity index (χ1v) is 8.93. The summed E-state index contributed by atoms with van der Waals surface area (Å²) in [7, 11) is 0. The fourth-order valence-corrected chi connectivity index (χ4v) is 2.93. The van der Waals surface area contributed by atoms with Gasteiger partial charge in [-0.3, -0.25) is 0 Å². The molecule has 0 radical (unpaired) electrons. The minimum Gasteiger partial charge on any atom is -0.471 e. The summed E-state index contributed by atoms with van der Waals surface area (Å²) in [6.07, 6.45) is -1.09. The lowest BCUT2D eigenvalue weighted by Crippen LogP contribution is -2.51. The number of pyridine rings is 1. The van der Waals surface area contributed by atoms with Crippen LogP contribution in [0.25, 0.3) is 0 Å². The van der Waals surface area contributed by atoms with E-state index in [-0.39, 0.29) is 42.2 Å². The van der Waals surface area contributed by atoms with Crippen LogP contribution in [0, 0.1) is 5.82 Å². The summed E-state index contributed by atoms with van der Waals surface area (Å²) in [6.45, 7) is 2.29. The molecule has 0 bridgehead atoms. The van der Waals surface area contributed by atoms with Crippen LogP contribution in [0.1, 0.15) is 5.56 Å². The molecule has 1 aromatic carbocycles. The number of ether oxygens (including phenoxy) is 1. The highest BCUT2D eigenvalue weighted by Gasteiger charge is 2.19. The topological polar surface area (TPSA) is 67.0 Å². The molecule has 10 heteroatoms. The highest BCUT2D eigenvalue weighted by molar-refractivity contribution is 14.0. The van der Waals surface area contributed by atoms with Gasteiger partial charge < -0.3 is 20.3 Å². The first kappa shape index (κ1) is 23.0. The molecule has 1 fully saturated rings. The van der Waals surface area contributed by atoms with E-state index in [9.17, 15) is 13.2 Å². The van der Waals surface area contributed by atoms with Crippen molar-refractivity contribution >= 4 is 35.6 Å². The number of hydrogen-bond acceptors (Lipinski definition) is 4. The van der Waals surface area contributed by atoms with Gasteiger partial charge in [-0.05, 0) is 30.3 Å². The number of aliphatic imine (C=N–C) groups is 1. The summed E-state index contributed by atoms with van der Waals surface area (Å²) >= 11 is 0. The van der Waals surface area contributed by atoms with Crippen molar-refractivity contribution in [3.05, 3.63) is 54.0 Å². The predicted octanol–water partition coefficient (Wildman–Crippen LogP) is 3.12. The molecule has 29 heavy (non-hydrogen) atoms. The van der Waals surface area contributed by atoms with E-state index in [1.54, 1.807) is 24.3 Å². The maximum Gasteiger partial charge on any atom is 0.272 e. The average Bonchev–Trinajstić information content (AvgIpc) is 2.71. The molecular weight excluding hydrogens is 498 g/mol. The van der Waals surface area contributed by atoms with E-state index in [0.717, 1.165) is 18.8 Å². The van der Waals surface area contributed by atoms with Crippen LogP contribution in [0.4, 0.5) is 18.9 Å². The lowest BCUT2D eigenvalue weighted by atomic mass is 10.2. The Hall–Kier alpha value is -2.24. The molecule has 0 atom stereocenters. The third-order valence-electron chi connectivity index (χ3n) is 4.40. The van der Waals surface area contributed by atoms with Crippen molar-refractivity contribution in [1.29, 1.82) is 0 Å². The lowest BCUT2D eigenvalue weighted by Gasteiger charge is -2.36. The Balaban J connectivity index is 0.00000300. The van der Waals surface area contributed by atoms with Crippen molar-refractivity contribution in [2.45, 2.75) is 13.0 Å². The molecule has 2 heterocycles. The highest BCUT2D eigenvalue weighted by Crippen LogP contribution is 2.18. The summed E-state index contributed by atoms with van der Waals surface area (Å²) < 4.78 is 42.8. The van der Waals surface area contributed by atoms with Crippen LogP contribution in [0.2, 0.25) is 0 Å². The maximum absolute atomic E-state index is 13.1. The van der Waals surface area contributed by atoms with Crippen LogP contribution in [-0.4, -0.2) is 55.1 Å². The first-order chi connectivity index (χ1) is 13.5. The number of nitrogens with zero attached hydrogens (tertiary/aromatic N) is 4. The minimum absolute atomic E-state index is 0. The van der Waals surface area contributed by atoms with E-state index in [2.05, 4.69) is 14.9 Å². The van der Waals surface area contributed by atoms with Gasteiger partial charge in [0, 0.05) is 43.6 Å². The quantitative estimate of drug-likeness (QED) is 0.360. The van der Waals surface area contributed by atoms with E-state index >= 15 is 0 Å². The molecule has 0 saturated carbocycles. The van der Waals surface area contributed by atoms with E-state index < -0.39 is 13.0 Å². The van der Waals surface area contributed by atoms with Gasteiger partial charge in [0.25, 0.3) is 6.43 Å². The van der Waals surface area contributed by atoms with E-state index in [1.165, 1.54) is 18.3 Å². The molecule has 1 aromatic heterocycles. The van der Waals surface area contributed by atoms with Crippen molar-refractivity contribution in [1.82, 2.24) is 9.88 Å². The molecular formula is C19H23F3IN5O. The smallest absolute Gasteiger partial charge is 0.272 e. The number of halogens is 4. The van der Waals surface area contributed by atoms with E-state index in [4.69, 9.17) is 10.5 Å². The number of piperazine rings is 1. The first-order valence-electron chi connectivity index (χ1n) is 8.93. The van der Waals surface area contributed by atoms with Gasteiger partial charge in [0.05, 0.1) is 6.54 Å². The summed E-state index contributed by atoms with van der Waals surface area (Å²) in [5, 5.41) is 0. The Morgan fingerprint density at radius 2 is 1.83 bits per heavy atom. The summed E-state index contributed by atoms with van der Waals surface area (Å²) in [6, 6.07) is 9.81.